The summed E-state index contributed by atoms with van der Waals surface area (Å²) in [7, 11) is 2.00. The fourth-order valence-corrected chi connectivity index (χ4v) is 3.49. The zero-order valence-electron chi connectivity index (χ0n) is 11.5. The van der Waals surface area contributed by atoms with Gasteiger partial charge < -0.3 is 5.73 Å². The molecule has 2 N–H and O–H groups in total. The van der Waals surface area contributed by atoms with Crippen molar-refractivity contribution in [3.05, 3.63) is 17.5 Å². The molecule has 0 saturated heterocycles. The molecular formula is C14H25N3. The lowest BCUT2D eigenvalue weighted by atomic mass is 9.73. The summed E-state index contributed by atoms with van der Waals surface area (Å²) in [5.74, 6) is 2.23. The van der Waals surface area contributed by atoms with Crippen molar-refractivity contribution in [3.63, 3.8) is 0 Å². The Hall–Kier alpha value is -0.830. The fourth-order valence-electron chi connectivity index (χ4n) is 3.49. The highest BCUT2D eigenvalue weighted by molar-refractivity contribution is 5.13. The monoisotopic (exact) mass is 235 g/mol. The number of aryl methyl sites for hydroxylation is 2. The summed E-state index contributed by atoms with van der Waals surface area (Å²) in [6.07, 6.45) is 3.87. The molecule has 3 nitrogen and oxygen atoms in total. The third kappa shape index (κ3) is 2.71. The smallest absolute Gasteiger partial charge is 0.0597 e. The Bertz CT molecular complexity index is 373. The van der Waals surface area contributed by atoms with Crippen LogP contribution in [0.15, 0.2) is 6.07 Å². The van der Waals surface area contributed by atoms with Crippen LogP contribution >= 0.6 is 0 Å². The van der Waals surface area contributed by atoms with Gasteiger partial charge in [0.1, 0.15) is 0 Å². The maximum atomic E-state index is 6.45. The molecule has 1 aromatic rings. The van der Waals surface area contributed by atoms with Crippen molar-refractivity contribution in [3.8, 4) is 0 Å². The van der Waals surface area contributed by atoms with Crippen molar-refractivity contribution < 1.29 is 0 Å². The lowest BCUT2D eigenvalue weighted by Crippen LogP contribution is -2.30. The standard InChI is InChI=1S/C14H25N3/c1-9-5-10(2)7-12(6-9)14(15)13-8-11(3)16-17(13)4/h8-10,12,14H,5-7,15H2,1-4H3. The molecule has 0 aromatic carbocycles. The molecule has 3 heteroatoms. The van der Waals surface area contributed by atoms with Crippen LogP contribution in [-0.2, 0) is 7.05 Å². The van der Waals surface area contributed by atoms with Gasteiger partial charge in [0.2, 0.25) is 0 Å². The minimum Gasteiger partial charge on any atom is -0.322 e. The summed E-state index contributed by atoms with van der Waals surface area (Å²) in [4.78, 5) is 0. The summed E-state index contributed by atoms with van der Waals surface area (Å²) < 4.78 is 1.95. The van der Waals surface area contributed by atoms with Gasteiger partial charge in [-0.05, 0) is 50.0 Å². The van der Waals surface area contributed by atoms with E-state index < -0.39 is 0 Å². The van der Waals surface area contributed by atoms with Crippen LogP contribution in [0, 0.1) is 24.7 Å². The van der Waals surface area contributed by atoms with Crippen LogP contribution in [0.5, 0.6) is 0 Å². The van der Waals surface area contributed by atoms with Gasteiger partial charge >= 0.3 is 0 Å². The van der Waals surface area contributed by atoms with Crippen molar-refractivity contribution in [1.29, 1.82) is 0 Å². The topological polar surface area (TPSA) is 43.8 Å². The van der Waals surface area contributed by atoms with Crippen LogP contribution in [0.4, 0.5) is 0 Å². The molecule has 17 heavy (non-hydrogen) atoms. The molecule has 1 aliphatic carbocycles. The predicted molar refractivity (Wildman–Crippen MR) is 70.5 cm³/mol. The zero-order valence-corrected chi connectivity index (χ0v) is 11.5. The van der Waals surface area contributed by atoms with E-state index in [0.717, 1.165) is 17.5 Å². The molecule has 1 fully saturated rings. The second kappa shape index (κ2) is 4.81. The fraction of sp³-hybridized carbons (Fsp3) is 0.786. The van der Waals surface area contributed by atoms with Gasteiger partial charge in [0, 0.05) is 13.1 Å². The van der Waals surface area contributed by atoms with Crippen LogP contribution in [0.25, 0.3) is 0 Å². The molecule has 0 amide bonds. The maximum absolute atomic E-state index is 6.45. The van der Waals surface area contributed by atoms with Crippen LogP contribution in [-0.4, -0.2) is 9.78 Å². The highest BCUT2D eigenvalue weighted by Gasteiger charge is 2.30. The van der Waals surface area contributed by atoms with Gasteiger partial charge in [-0.25, -0.2) is 0 Å². The summed E-state index contributed by atoms with van der Waals surface area (Å²) in [6, 6.07) is 2.28. The second-order valence-corrected chi connectivity index (χ2v) is 6.04. The van der Waals surface area contributed by atoms with Crippen molar-refractivity contribution in [2.45, 2.75) is 46.1 Å². The number of hydrogen-bond donors (Lipinski definition) is 1. The molecule has 1 heterocycles. The van der Waals surface area contributed by atoms with E-state index in [1.165, 1.54) is 25.0 Å². The lowest BCUT2D eigenvalue weighted by molar-refractivity contribution is 0.190. The molecule has 1 aromatic heterocycles. The van der Waals surface area contributed by atoms with E-state index in [-0.39, 0.29) is 6.04 Å². The van der Waals surface area contributed by atoms with E-state index in [4.69, 9.17) is 5.73 Å². The van der Waals surface area contributed by atoms with E-state index in [1.54, 1.807) is 0 Å². The van der Waals surface area contributed by atoms with Crippen LogP contribution in [0.2, 0.25) is 0 Å². The second-order valence-electron chi connectivity index (χ2n) is 6.04. The highest BCUT2D eigenvalue weighted by atomic mass is 15.3. The van der Waals surface area contributed by atoms with E-state index in [0.29, 0.717) is 5.92 Å². The largest absolute Gasteiger partial charge is 0.322 e. The first-order valence-corrected chi connectivity index (χ1v) is 6.73. The van der Waals surface area contributed by atoms with Crippen molar-refractivity contribution in [2.24, 2.45) is 30.5 Å². The molecule has 3 unspecified atom stereocenters. The van der Waals surface area contributed by atoms with Crippen LogP contribution in [0.1, 0.15) is 50.5 Å². The van der Waals surface area contributed by atoms with Crippen LogP contribution in [0.3, 0.4) is 0 Å². The zero-order chi connectivity index (χ0) is 12.6. The number of nitrogens with zero attached hydrogens (tertiary/aromatic N) is 2. The minimum atomic E-state index is 0.145. The average Bonchev–Trinajstić information content (AvgIpc) is 2.55. The molecular weight excluding hydrogens is 210 g/mol. The quantitative estimate of drug-likeness (QED) is 0.856. The van der Waals surface area contributed by atoms with E-state index in [1.807, 2.05) is 18.7 Å². The summed E-state index contributed by atoms with van der Waals surface area (Å²) in [6.45, 7) is 6.73. The average molecular weight is 235 g/mol. The first-order valence-electron chi connectivity index (χ1n) is 6.73. The Labute approximate surface area is 104 Å². The Kier molecular flexibility index (Phi) is 3.57. The molecule has 0 radical (unpaired) electrons. The Morgan fingerprint density at radius 2 is 1.88 bits per heavy atom. The molecule has 0 spiro atoms. The van der Waals surface area contributed by atoms with Crippen molar-refractivity contribution in [1.82, 2.24) is 9.78 Å². The number of hydrogen-bond acceptors (Lipinski definition) is 2. The number of nitrogens with two attached hydrogens (primary N) is 1. The molecule has 2 rings (SSSR count). The highest BCUT2D eigenvalue weighted by Crippen LogP contribution is 2.38. The van der Waals surface area contributed by atoms with Crippen molar-refractivity contribution in [2.75, 3.05) is 0 Å². The van der Waals surface area contributed by atoms with Gasteiger partial charge in [-0.2, -0.15) is 5.10 Å². The first kappa shape index (κ1) is 12.6. The molecule has 3 atom stereocenters. The molecule has 1 aliphatic rings. The Morgan fingerprint density at radius 3 is 2.35 bits per heavy atom. The lowest BCUT2D eigenvalue weighted by Gasteiger charge is -2.34. The predicted octanol–water partition coefficient (Wildman–Crippen LogP) is 2.80. The minimum absolute atomic E-state index is 0.145. The molecule has 0 bridgehead atoms. The summed E-state index contributed by atoms with van der Waals surface area (Å²) in [5, 5.41) is 4.40. The van der Waals surface area contributed by atoms with Crippen LogP contribution < -0.4 is 5.73 Å². The first-order chi connectivity index (χ1) is 7.97. The van der Waals surface area contributed by atoms with Gasteiger partial charge in [-0.1, -0.05) is 13.8 Å². The van der Waals surface area contributed by atoms with Gasteiger partial charge in [0.25, 0.3) is 0 Å². The molecule has 1 saturated carbocycles. The third-order valence-electron chi connectivity index (χ3n) is 4.10. The van der Waals surface area contributed by atoms with Gasteiger partial charge in [-0.3, -0.25) is 4.68 Å². The van der Waals surface area contributed by atoms with Gasteiger partial charge in [-0.15, -0.1) is 0 Å². The van der Waals surface area contributed by atoms with Crippen molar-refractivity contribution >= 4 is 0 Å². The number of rotatable bonds is 2. The third-order valence-corrected chi connectivity index (χ3v) is 4.10. The number of aromatic nitrogens is 2. The summed E-state index contributed by atoms with van der Waals surface area (Å²) in [5.41, 5.74) is 8.70. The molecule has 96 valence electrons. The van der Waals surface area contributed by atoms with E-state index in [2.05, 4.69) is 25.0 Å². The van der Waals surface area contributed by atoms with E-state index >= 15 is 0 Å². The Balaban J connectivity index is 2.14. The van der Waals surface area contributed by atoms with E-state index in [9.17, 15) is 0 Å². The SMILES string of the molecule is Cc1cc(C(N)C2CC(C)CC(C)C2)n(C)n1. The van der Waals surface area contributed by atoms with Gasteiger partial charge in [0.05, 0.1) is 11.4 Å². The Morgan fingerprint density at radius 1 is 1.29 bits per heavy atom. The maximum Gasteiger partial charge on any atom is 0.0597 e. The normalized spacial score (nSPS) is 31.5. The van der Waals surface area contributed by atoms with Gasteiger partial charge in [0.15, 0.2) is 0 Å². The molecule has 0 aliphatic heterocycles. The summed E-state index contributed by atoms with van der Waals surface area (Å²) >= 11 is 0.